The molecule has 14 heteroatoms. The Kier molecular flexibility index (Phi) is 12.9. The largest absolute Gasteiger partial charge is 0.480 e. The van der Waals surface area contributed by atoms with Gasteiger partial charge in [0.2, 0.25) is 17.7 Å². The third-order valence-electron chi connectivity index (χ3n) is 5.11. The number of hydrogen-bond donors (Lipinski definition) is 9. The van der Waals surface area contributed by atoms with Crippen LogP contribution in [0.2, 0.25) is 0 Å². The summed E-state index contributed by atoms with van der Waals surface area (Å²) >= 11 is 0. The maximum Gasteiger partial charge on any atom is 0.326 e. The Morgan fingerprint density at radius 1 is 0.944 bits per heavy atom. The normalized spacial score (nSPS) is 14.9. The average Bonchev–Trinajstić information content (AvgIpc) is 2.83. The van der Waals surface area contributed by atoms with Crippen LogP contribution >= 0.6 is 0 Å². The average molecular weight is 510 g/mol. The molecule has 12 N–H and O–H groups in total. The van der Waals surface area contributed by atoms with E-state index < -0.39 is 60.6 Å². The van der Waals surface area contributed by atoms with E-state index in [1.807, 2.05) is 0 Å². The molecule has 0 spiro atoms. The summed E-state index contributed by atoms with van der Waals surface area (Å²) in [7, 11) is 0. The first kappa shape index (κ1) is 30.3. The van der Waals surface area contributed by atoms with Gasteiger partial charge < -0.3 is 48.5 Å². The summed E-state index contributed by atoms with van der Waals surface area (Å²) in [6, 6.07) is 3.31. The molecule has 0 saturated carbocycles. The Morgan fingerprint density at radius 3 is 2.03 bits per heavy atom. The lowest BCUT2D eigenvalue weighted by Gasteiger charge is -2.24. The van der Waals surface area contributed by atoms with Gasteiger partial charge >= 0.3 is 5.97 Å². The van der Waals surface area contributed by atoms with Crippen LogP contribution in [0.1, 0.15) is 25.3 Å². The molecule has 0 aliphatic heterocycles. The molecule has 1 aromatic rings. The number of nitrogens with one attached hydrogen (secondary N) is 3. The van der Waals surface area contributed by atoms with E-state index in [4.69, 9.17) is 17.2 Å². The number of carboxylic acid groups (broad SMARTS) is 1. The van der Waals surface area contributed by atoms with Crippen LogP contribution in [0.3, 0.4) is 0 Å². The Labute approximate surface area is 208 Å². The molecule has 0 bridgehead atoms. The summed E-state index contributed by atoms with van der Waals surface area (Å²) in [5.74, 6) is -4.03. The van der Waals surface area contributed by atoms with Gasteiger partial charge in [-0.3, -0.25) is 19.4 Å². The van der Waals surface area contributed by atoms with Gasteiger partial charge in [0.15, 0.2) is 5.96 Å². The van der Waals surface area contributed by atoms with E-state index in [1.54, 1.807) is 30.3 Å². The lowest BCUT2D eigenvalue weighted by molar-refractivity contribution is -0.142. The summed E-state index contributed by atoms with van der Waals surface area (Å²) in [4.78, 5) is 53.3. The van der Waals surface area contributed by atoms with Crippen molar-refractivity contribution in [2.24, 2.45) is 22.2 Å². The van der Waals surface area contributed by atoms with Gasteiger partial charge in [0.25, 0.3) is 0 Å². The van der Waals surface area contributed by atoms with Crippen LogP contribution in [0, 0.1) is 0 Å². The quantitative estimate of drug-likeness (QED) is 0.0640. The first-order valence-corrected chi connectivity index (χ1v) is 11.2. The fourth-order valence-corrected chi connectivity index (χ4v) is 3.05. The zero-order valence-corrected chi connectivity index (χ0v) is 20.0. The molecule has 1 aromatic carbocycles. The molecule has 0 aliphatic rings. The second kappa shape index (κ2) is 15.3. The molecule has 200 valence electrons. The van der Waals surface area contributed by atoms with Crippen LogP contribution in [0.5, 0.6) is 0 Å². The zero-order chi connectivity index (χ0) is 27.3. The minimum Gasteiger partial charge on any atom is -0.480 e. The number of guanidine groups is 1. The number of aliphatic carboxylic acids is 1. The van der Waals surface area contributed by atoms with Crippen LogP contribution in [0.4, 0.5) is 0 Å². The molecule has 0 radical (unpaired) electrons. The second-order valence-corrected chi connectivity index (χ2v) is 8.11. The molecule has 0 aromatic heterocycles. The third kappa shape index (κ3) is 10.7. The van der Waals surface area contributed by atoms with Crippen molar-refractivity contribution in [3.05, 3.63) is 35.9 Å². The second-order valence-electron chi connectivity index (χ2n) is 8.11. The molecule has 0 aliphatic carbocycles. The fourth-order valence-electron chi connectivity index (χ4n) is 3.05. The lowest BCUT2D eigenvalue weighted by Crippen LogP contribution is -2.59. The number of hydrogen-bond acceptors (Lipinski definition) is 8. The number of carbonyl (C=O) groups excluding carboxylic acids is 3. The van der Waals surface area contributed by atoms with Crippen molar-refractivity contribution < 1.29 is 34.5 Å². The summed E-state index contributed by atoms with van der Waals surface area (Å²) < 4.78 is 0. The summed E-state index contributed by atoms with van der Waals surface area (Å²) in [6.45, 7) is 0.597. The predicted molar refractivity (Wildman–Crippen MR) is 130 cm³/mol. The van der Waals surface area contributed by atoms with Crippen molar-refractivity contribution in [1.82, 2.24) is 16.0 Å². The van der Waals surface area contributed by atoms with Gasteiger partial charge in [-0.25, -0.2) is 4.79 Å². The minimum absolute atomic E-state index is 0.00311. The van der Waals surface area contributed by atoms with Gasteiger partial charge in [0.1, 0.15) is 24.2 Å². The maximum absolute atomic E-state index is 13.0. The Balaban J connectivity index is 2.98. The number of aliphatic hydroxyl groups excluding tert-OH is 2. The maximum atomic E-state index is 13.0. The number of carbonyl (C=O) groups is 4. The van der Waals surface area contributed by atoms with Crippen molar-refractivity contribution in [2.75, 3.05) is 13.2 Å². The molecule has 14 nitrogen and oxygen atoms in total. The SMILES string of the molecule is CC(O)C(N)C(=O)NC(CO)C(=O)NC(CCCN=C(N)N)C(=O)NC(Cc1ccccc1)C(=O)O. The Bertz CT molecular complexity index is 907. The summed E-state index contributed by atoms with van der Waals surface area (Å²) in [5, 5.41) is 35.6. The number of nitrogens with zero attached hydrogens (tertiary/aromatic N) is 1. The Hall–Kier alpha value is -3.75. The van der Waals surface area contributed by atoms with Crippen molar-refractivity contribution in [2.45, 2.75) is 56.5 Å². The smallest absolute Gasteiger partial charge is 0.326 e. The Morgan fingerprint density at radius 2 is 1.50 bits per heavy atom. The van der Waals surface area contributed by atoms with E-state index >= 15 is 0 Å². The van der Waals surface area contributed by atoms with Gasteiger partial charge in [-0.1, -0.05) is 30.3 Å². The van der Waals surface area contributed by atoms with Crippen LogP contribution in [-0.4, -0.2) is 88.4 Å². The van der Waals surface area contributed by atoms with E-state index in [9.17, 15) is 34.5 Å². The molecule has 1 rings (SSSR count). The number of aliphatic imine (C=N–C) groups is 1. The van der Waals surface area contributed by atoms with Gasteiger partial charge in [0, 0.05) is 13.0 Å². The van der Waals surface area contributed by atoms with Gasteiger partial charge in [-0.05, 0) is 25.3 Å². The van der Waals surface area contributed by atoms with Crippen molar-refractivity contribution in [3.63, 3.8) is 0 Å². The number of rotatable bonds is 15. The molecule has 0 saturated heterocycles. The van der Waals surface area contributed by atoms with Gasteiger partial charge in [-0.15, -0.1) is 0 Å². The van der Waals surface area contributed by atoms with Crippen LogP contribution in [0.15, 0.2) is 35.3 Å². The number of aliphatic hydroxyl groups is 2. The zero-order valence-electron chi connectivity index (χ0n) is 20.0. The predicted octanol–water partition coefficient (Wildman–Crippen LogP) is -3.48. The molecule has 36 heavy (non-hydrogen) atoms. The van der Waals surface area contributed by atoms with Crippen molar-refractivity contribution in [1.29, 1.82) is 0 Å². The molecule has 3 amide bonds. The molecule has 0 fully saturated rings. The highest BCUT2D eigenvalue weighted by molar-refractivity contribution is 5.94. The van der Waals surface area contributed by atoms with E-state index in [0.29, 0.717) is 5.56 Å². The molecular weight excluding hydrogens is 474 g/mol. The highest BCUT2D eigenvalue weighted by Crippen LogP contribution is 2.06. The minimum atomic E-state index is -1.48. The third-order valence-corrected chi connectivity index (χ3v) is 5.11. The standard InChI is InChI=1S/C22H35N7O7/c1-12(31)17(23)20(34)29-16(11-30)19(33)27-14(8-5-9-26-22(24)25)18(32)28-15(21(35)36)10-13-6-3-2-4-7-13/h2-4,6-7,12,14-17,30-31H,5,8-11,23H2,1H3,(H,27,33)(H,28,32)(H,29,34)(H,35,36)(H4,24,25,26). The first-order chi connectivity index (χ1) is 17.0. The first-order valence-electron chi connectivity index (χ1n) is 11.2. The summed E-state index contributed by atoms with van der Waals surface area (Å²) in [5.41, 5.74) is 16.8. The van der Waals surface area contributed by atoms with Gasteiger partial charge in [0.05, 0.1) is 12.7 Å². The number of benzene rings is 1. The highest BCUT2D eigenvalue weighted by atomic mass is 16.4. The van der Waals surface area contributed by atoms with E-state index in [-0.39, 0.29) is 31.8 Å². The number of nitrogens with two attached hydrogens (primary N) is 3. The van der Waals surface area contributed by atoms with E-state index in [1.165, 1.54) is 6.92 Å². The summed E-state index contributed by atoms with van der Waals surface area (Å²) in [6.07, 6.45) is -0.941. The van der Waals surface area contributed by atoms with Crippen molar-refractivity contribution in [3.8, 4) is 0 Å². The monoisotopic (exact) mass is 509 g/mol. The van der Waals surface area contributed by atoms with Crippen LogP contribution in [-0.2, 0) is 25.6 Å². The molecule has 0 heterocycles. The highest BCUT2D eigenvalue weighted by Gasteiger charge is 2.30. The number of carboxylic acids is 1. The molecule has 5 unspecified atom stereocenters. The topological polar surface area (TPSA) is 255 Å². The van der Waals surface area contributed by atoms with E-state index in [2.05, 4.69) is 20.9 Å². The molecule has 5 atom stereocenters. The number of amides is 3. The van der Waals surface area contributed by atoms with Gasteiger partial charge in [-0.2, -0.15) is 0 Å². The van der Waals surface area contributed by atoms with E-state index in [0.717, 1.165) is 0 Å². The van der Waals surface area contributed by atoms with Crippen molar-refractivity contribution >= 4 is 29.7 Å². The molecular formula is C22H35N7O7. The van der Waals surface area contributed by atoms with Crippen LogP contribution in [0.25, 0.3) is 0 Å². The van der Waals surface area contributed by atoms with Crippen LogP contribution < -0.4 is 33.2 Å². The lowest BCUT2D eigenvalue weighted by atomic mass is 10.0. The fraction of sp³-hybridized carbons (Fsp3) is 0.500.